The maximum atomic E-state index is 12.0. The highest BCUT2D eigenvalue weighted by atomic mass is 16.4. The van der Waals surface area contributed by atoms with E-state index in [2.05, 4.69) is 13.8 Å². The molecule has 4 fully saturated rings. The van der Waals surface area contributed by atoms with Gasteiger partial charge in [-0.2, -0.15) is 0 Å². The normalized spacial score (nSPS) is 51.9. The number of aliphatic hydroxyl groups is 1. The Labute approximate surface area is 156 Å². The van der Waals surface area contributed by atoms with E-state index in [0.717, 1.165) is 44.9 Å². The van der Waals surface area contributed by atoms with E-state index in [0.29, 0.717) is 35.9 Å². The van der Waals surface area contributed by atoms with Gasteiger partial charge in [0, 0.05) is 18.3 Å². The number of Topliss-reactive ketones (excluding diaryl/α,β-unsaturated/α-hetero) is 1. The Hall–Kier alpha value is -0.900. The zero-order valence-corrected chi connectivity index (χ0v) is 16.4. The molecular weight excluding hydrogens is 328 g/mol. The van der Waals surface area contributed by atoms with Crippen LogP contribution >= 0.6 is 0 Å². The molecule has 2 N–H and O–H groups in total. The number of rotatable bonds is 2. The van der Waals surface area contributed by atoms with Crippen LogP contribution in [0.2, 0.25) is 0 Å². The Morgan fingerprint density at radius 3 is 2.58 bits per heavy atom. The fourth-order valence-corrected chi connectivity index (χ4v) is 8.03. The first kappa shape index (κ1) is 18.5. The molecule has 4 rings (SSSR count). The molecule has 0 unspecified atom stereocenters. The molecule has 0 amide bonds. The highest BCUT2D eigenvalue weighted by molar-refractivity contribution is 5.79. The minimum Gasteiger partial charge on any atom is -0.481 e. The minimum atomic E-state index is -0.729. The highest BCUT2D eigenvalue weighted by Crippen LogP contribution is 2.68. The number of carboxylic acid groups (broad SMARTS) is 1. The Balaban J connectivity index is 1.65. The van der Waals surface area contributed by atoms with Crippen LogP contribution in [0.15, 0.2) is 0 Å². The van der Waals surface area contributed by atoms with Gasteiger partial charge in [0.05, 0.1) is 12.0 Å². The first-order chi connectivity index (χ1) is 12.2. The van der Waals surface area contributed by atoms with E-state index in [1.807, 2.05) is 6.92 Å². The first-order valence-corrected chi connectivity index (χ1v) is 10.6. The largest absolute Gasteiger partial charge is 0.481 e. The van der Waals surface area contributed by atoms with Crippen molar-refractivity contribution in [1.82, 2.24) is 0 Å². The van der Waals surface area contributed by atoms with Crippen molar-refractivity contribution in [1.29, 1.82) is 0 Å². The summed E-state index contributed by atoms with van der Waals surface area (Å²) in [6, 6.07) is 0. The SMILES string of the molecule is C[C@H](C(=O)O)[C@H]1CC[C@H]2[C@@H]3CC[C@@H]4CC(=O)CC[C@]4(C)[C@H]3C[C@H](O)[C@]12C. The summed E-state index contributed by atoms with van der Waals surface area (Å²) in [5, 5.41) is 20.8. The molecule has 9 atom stereocenters. The summed E-state index contributed by atoms with van der Waals surface area (Å²) >= 11 is 0. The number of hydrogen-bond donors (Lipinski definition) is 2. The zero-order chi connectivity index (χ0) is 18.9. The van der Waals surface area contributed by atoms with E-state index in [-0.39, 0.29) is 16.7 Å². The van der Waals surface area contributed by atoms with Crippen LogP contribution in [0.3, 0.4) is 0 Å². The maximum absolute atomic E-state index is 12.0. The summed E-state index contributed by atoms with van der Waals surface area (Å²) in [7, 11) is 0. The molecule has 4 aliphatic rings. The monoisotopic (exact) mass is 362 g/mol. The van der Waals surface area contributed by atoms with Crippen LogP contribution in [0.4, 0.5) is 0 Å². The molecule has 0 aromatic carbocycles. The Morgan fingerprint density at radius 1 is 1.15 bits per heavy atom. The molecule has 0 saturated heterocycles. The molecule has 4 saturated carbocycles. The number of ketones is 1. The molecule has 0 aromatic heterocycles. The number of carbonyl (C=O) groups is 2. The predicted octanol–water partition coefficient (Wildman–Crippen LogP) is 3.91. The van der Waals surface area contributed by atoms with Crippen LogP contribution in [0.5, 0.6) is 0 Å². The molecule has 26 heavy (non-hydrogen) atoms. The topological polar surface area (TPSA) is 74.6 Å². The van der Waals surface area contributed by atoms with Crippen molar-refractivity contribution < 1.29 is 19.8 Å². The van der Waals surface area contributed by atoms with Gasteiger partial charge < -0.3 is 10.2 Å². The third-order valence-corrected chi connectivity index (χ3v) is 9.65. The number of aliphatic hydroxyl groups excluding tert-OH is 1. The second-order valence-corrected chi connectivity index (χ2v) is 10.3. The Kier molecular flexibility index (Phi) is 4.30. The molecule has 4 nitrogen and oxygen atoms in total. The van der Waals surface area contributed by atoms with Crippen molar-refractivity contribution >= 4 is 11.8 Å². The van der Waals surface area contributed by atoms with Crippen molar-refractivity contribution in [2.45, 2.75) is 78.2 Å². The zero-order valence-electron chi connectivity index (χ0n) is 16.4. The standard InChI is InChI=1S/C22H34O4/c1-12(20(25)26)16-6-7-17-15-5-4-13-10-14(23)8-9-21(13,2)18(15)11-19(24)22(16,17)3/h12-13,15-19,24H,4-11H2,1-3H3,(H,25,26)/t12-,13+,15-,16+,17-,18-,19-,21-,22+/m0/s1. The molecular formula is C22H34O4. The summed E-state index contributed by atoms with van der Waals surface area (Å²) < 4.78 is 0. The Morgan fingerprint density at radius 2 is 1.88 bits per heavy atom. The number of carboxylic acids is 1. The summed E-state index contributed by atoms with van der Waals surface area (Å²) in [4.78, 5) is 23.6. The van der Waals surface area contributed by atoms with Crippen LogP contribution < -0.4 is 0 Å². The summed E-state index contributed by atoms with van der Waals surface area (Å²) in [5.74, 6) is 1.35. The van der Waals surface area contributed by atoms with Gasteiger partial charge >= 0.3 is 5.97 Å². The van der Waals surface area contributed by atoms with E-state index >= 15 is 0 Å². The van der Waals surface area contributed by atoms with Crippen LogP contribution in [-0.4, -0.2) is 28.1 Å². The molecule has 0 aromatic rings. The van der Waals surface area contributed by atoms with Crippen molar-refractivity contribution in [3.8, 4) is 0 Å². The van der Waals surface area contributed by atoms with Gasteiger partial charge in [-0.15, -0.1) is 0 Å². The van der Waals surface area contributed by atoms with Crippen LogP contribution in [0, 0.1) is 46.3 Å². The van der Waals surface area contributed by atoms with Crippen LogP contribution in [0.1, 0.15) is 72.1 Å². The first-order valence-electron chi connectivity index (χ1n) is 10.6. The van der Waals surface area contributed by atoms with E-state index < -0.39 is 18.0 Å². The van der Waals surface area contributed by atoms with Gasteiger partial charge in [-0.3, -0.25) is 9.59 Å². The predicted molar refractivity (Wildman–Crippen MR) is 98.4 cm³/mol. The molecule has 0 bridgehead atoms. The van der Waals surface area contributed by atoms with Gasteiger partial charge in [0.2, 0.25) is 0 Å². The van der Waals surface area contributed by atoms with E-state index in [1.54, 1.807) is 0 Å². The van der Waals surface area contributed by atoms with Gasteiger partial charge in [0.25, 0.3) is 0 Å². The molecule has 4 heteroatoms. The molecule has 0 spiro atoms. The molecule has 0 radical (unpaired) electrons. The second kappa shape index (κ2) is 6.05. The molecule has 0 aliphatic heterocycles. The van der Waals surface area contributed by atoms with Crippen molar-refractivity contribution in [3.63, 3.8) is 0 Å². The van der Waals surface area contributed by atoms with Crippen molar-refractivity contribution in [3.05, 3.63) is 0 Å². The summed E-state index contributed by atoms with van der Waals surface area (Å²) in [6.07, 6.45) is 7.04. The lowest BCUT2D eigenvalue weighted by atomic mass is 9.44. The average Bonchev–Trinajstić information content (AvgIpc) is 2.94. The van der Waals surface area contributed by atoms with Crippen molar-refractivity contribution in [2.24, 2.45) is 46.3 Å². The molecule has 146 valence electrons. The van der Waals surface area contributed by atoms with Crippen LogP contribution in [-0.2, 0) is 9.59 Å². The fraction of sp³-hybridized carbons (Fsp3) is 0.909. The lowest BCUT2D eigenvalue weighted by molar-refractivity contribution is -0.174. The van der Waals surface area contributed by atoms with E-state index in [1.165, 1.54) is 0 Å². The minimum absolute atomic E-state index is 0.0689. The average molecular weight is 363 g/mol. The lowest BCUT2D eigenvalue weighted by Gasteiger charge is -2.61. The smallest absolute Gasteiger partial charge is 0.306 e. The van der Waals surface area contributed by atoms with Gasteiger partial charge in [-0.1, -0.05) is 20.8 Å². The number of carbonyl (C=O) groups excluding carboxylic acids is 1. The lowest BCUT2D eigenvalue weighted by Crippen LogP contribution is -2.58. The molecule has 0 heterocycles. The number of fused-ring (bicyclic) bond motifs is 5. The fourth-order valence-electron chi connectivity index (χ4n) is 8.03. The summed E-state index contributed by atoms with van der Waals surface area (Å²) in [5.41, 5.74) is -0.0949. The van der Waals surface area contributed by atoms with Crippen LogP contribution in [0.25, 0.3) is 0 Å². The highest BCUT2D eigenvalue weighted by Gasteiger charge is 2.64. The van der Waals surface area contributed by atoms with E-state index in [4.69, 9.17) is 0 Å². The van der Waals surface area contributed by atoms with Gasteiger partial charge in [-0.05, 0) is 73.5 Å². The van der Waals surface area contributed by atoms with Gasteiger partial charge in [-0.25, -0.2) is 0 Å². The number of hydrogen-bond acceptors (Lipinski definition) is 3. The van der Waals surface area contributed by atoms with Crippen molar-refractivity contribution in [2.75, 3.05) is 0 Å². The maximum Gasteiger partial charge on any atom is 0.306 e. The third kappa shape index (κ3) is 2.36. The second-order valence-electron chi connectivity index (χ2n) is 10.3. The van der Waals surface area contributed by atoms with Gasteiger partial charge in [0.15, 0.2) is 0 Å². The molecule has 4 aliphatic carbocycles. The quantitative estimate of drug-likeness (QED) is 0.781. The van der Waals surface area contributed by atoms with E-state index in [9.17, 15) is 19.8 Å². The number of aliphatic carboxylic acids is 1. The third-order valence-electron chi connectivity index (χ3n) is 9.65. The summed E-state index contributed by atoms with van der Waals surface area (Å²) in [6.45, 7) is 6.38. The Bertz CT molecular complexity index is 615. The van der Waals surface area contributed by atoms with Gasteiger partial charge in [0.1, 0.15) is 5.78 Å².